The fraction of sp³-hybridized carbons (Fsp3) is 0.467. The highest BCUT2D eigenvalue weighted by molar-refractivity contribution is 6.33. The number of benzene rings is 1. The van der Waals surface area contributed by atoms with Crippen LogP contribution in [0.15, 0.2) is 24.3 Å². The number of halogens is 1. The van der Waals surface area contributed by atoms with Crippen molar-refractivity contribution in [1.29, 1.82) is 0 Å². The summed E-state index contributed by atoms with van der Waals surface area (Å²) in [5, 5.41) is 9.52. The van der Waals surface area contributed by atoms with E-state index in [0.717, 1.165) is 19.3 Å². The van der Waals surface area contributed by atoms with Crippen LogP contribution in [0.25, 0.3) is 0 Å². The molecule has 1 saturated carbocycles. The maximum Gasteiger partial charge on any atom is 0.306 e. The van der Waals surface area contributed by atoms with Crippen molar-refractivity contribution in [1.82, 2.24) is 0 Å². The smallest absolute Gasteiger partial charge is 0.306 e. The molecule has 1 aliphatic carbocycles. The molecular weight excluding hydrogens is 264 g/mol. The highest BCUT2D eigenvalue weighted by Gasteiger charge is 2.28. The van der Waals surface area contributed by atoms with Gasteiger partial charge in [-0.1, -0.05) is 30.2 Å². The Hall–Kier alpha value is -1.35. The molecule has 0 heterocycles. The number of carboxylic acid groups (broad SMARTS) is 1. The van der Waals surface area contributed by atoms with Crippen molar-refractivity contribution < 1.29 is 14.7 Å². The van der Waals surface area contributed by atoms with Gasteiger partial charge in [0.05, 0.1) is 10.9 Å². The van der Waals surface area contributed by atoms with Gasteiger partial charge >= 0.3 is 5.97 Å². The molecule has 1 aromatic carbocycles. The topological polar surface area (TPSA) is 54.4 Å². The van der Waals surface area contributed by atoms with E-state index in [1.807, 2.05) is 0 Å². The van der Waals surface area contributed by atoms with Crippen LogP contribution in [0.4, 0.5) is 0 Å². The number of hydrogen-bond donors (Lipinski definition) is 1. The predicted molar refractivity (Wildman–Crippen MR) is 73.5 cm³/mol. The number of hydrogen-bond acceptors (Lipinski definition) is 2. The zero-order valence-corrected chi connectivity index (χ0v) is 11.4. The maximum absolute atomic E-state index is 12.2. The lowest BCUT2D eigenvalue weighted by molar-refractivity contribution is -0.143. The summed E-state index contributed by atoms with van der Waals surface area (Å²) in [6.45, 7) is 0. The summed E-state index contributed by atoms with van der Waals surface area (Å²) < 4.78 is 0. The Morgan fingerprint density at radius 1 is 1.26 bits per heavy atom. The fourth-order valence-corrected chi connectivity index (χ4v) is 3.00. The zero-order chi connectivity index (χ0) is 13.8. The van der Waals surface area contributed by atoms with E-state index in [-0.39, 0.29) is 17.6 Å². The molecule has 1 N–H and O–H groups in total. The van der Waals surface area contributed by atoms with E-state index >= 15 is 0 Å². The van der Waals surface area contributed by atoms with Crippen molar-refractivity contribution in [3.63, 3.8) is 0 Å². The van der Waals surface area contributed by atoms with Crippen molar-refractivity contribution in [3.05, 3.63) is 34.9 Å². The number of carbonyl (C=O) groups excluding carboxylic acids is 1. The van der Waals surface area contributed by atoms with Crippen LogP contribution < -0.4 is 0 Å². The Morgan fingerprint density at radius 3 is 2.68 bits per heavy atom. The largest absolute Gasteiger partial charge is 0.481 e. The van der Waals surface area contributed by atoms with Gasteiger partial charge in [0.1, 0.15) is 0 Å². The monoisotopic (exact) mass is 280 g/mol. The molecule has 0 unspecified atom stereocenters. The molecule has 0 radical (unpaired) electrons. The van der Waals surface area contributed by atoms with Crippen LogP contribution in [0.3, 0.4) is 0 Å². The molecule has 1 fully saturated rings. The number of Topliss-reactive ketones (excluding diaryl/α,β-unsaturated/α-hetero) is 1. The van der Waals surface area contributed by atoms with Gasteiger partial charge in [-0.15, -0.1) is 0 Å². The highest BCUT2D eigenvalue weighted by Crippen LogP contribution is 2.32. The van der Waals surface area contributed by atoms with Gasteiger partial charge in [0.2, 0.25) is 0 Å². The Balaban J connectivity index is 1.99. The molecule has 0 aliphatic heterocycles. The van der Waals surface area contributed by atoms with Crippen molar-refractivity contribution in [2.24, 2.45) is 11.8 Å². The van der Waals surface area contributed by atoms with Gasteiger partial charge in [0.15, 0.2) is 5.78 Å². The number of carbonyl (C=O) groups is 2. The van der Waals surface area contributed by atoms with Gasteiger partial charge in [0.25, 0.3) is 0 Å². The van der Waals surface area contributed by atoms with E-state index < -0.39 is 5.97 Å². The molecule has 0 aromatic heterocycles. The summed E-state index contributed by atoms with van der Waals surface area (Å²) in [7, 11) is 0. The minimum Gasteiger partial charge on any atom is -0.481 e. The Bertz CT molecular complexity index is 484. The molecular formula is C15H17ClO3. The summed E-state index contributed by atoms with van der Waals surface area (Å²) in [6, 6.07) is 7.01. The molecule has 3 nitrogen and oxygen atoms in total. The highest BCUT2D eigenvalue weighted by atomic mass is 35.5. The lowest BCUT2D eigenvalue weighted by Gasteiger charge is -2.26. The SMILES string of the molecule is O=C(C[C@@H]1CCC[C@H](C(=O)O)C1)c1ccccc1Cl. The summed E-state index contributed by atoms with van der Waals surface area (Å²) in [5.41, 5.74) is 0.543. The molecule has 1 aromatic rings. The molecule has 2 atom stereocenters. The first kappa shape index (κ1) is 14.1. The first-order valence-electron chi connectivity index (χ1n) is 6.58. The summed E-state index contributed by atoms with van der Waals surface area (Å²) >= 11 is 6.00. The van der Waals surface area contributed by atoms with Gasteiger partial charge in [-0.05, 0) is 37.3 Å². The third-order valence-corrected chi connectivity index (χ3v) is 4.11. The number of rotatable bonds is 4. The average Bonchev–Trinajstić information content (AvgIpc) is 2.39. The number of aliphatic carboxylic acids is 1. The minimum atomic E-state index is -0.741. The number of ketones is 1. The Morgan fingerprint density at radius 2 is 2.00 bits per heavy atom. The third-order valence-electron chi connectivity index (χ3n) is 3.78. The summed E-state index contributed by atoms with van der Waals surface area (Å²) in [4.78, 5) is 23.2. The van der Waals surface area contributed by atoms with Crippen molar-refractivity contribution in [2.75, 3.05) is 0 Å². The van der Waals surface area contributed by atoms with E-state index in [4.69, 9.17) is 16.7 Å². The molecule has 0 saturated heterocycles. The van der Waals surface area contributed by atoms with Crippen LogP contribution in [0.5, 0.6) is 0 Å². The van der Waals surface area contributed by atoms with Gasteiger partial charge < -0.3 is 5.11 Å². The second-order valence-corrected chi connectivity index (χ2v) is 5.58. The fourth-order valence-electron chi connectivity index (χ4n) is 2.76. The van der Waals surface area contributed by atoms with Gasteiger partial charge in [-0.3, -0.25) is 9.59 Å². The standard InChI is InChI=1S/C15H17ClO3/c16-13-7-2-1-6-12(13)14(17)9-10-4-3-5-11(8-10)15(18)19/h1-2,6-7,10-11H,3-5,8-9H2,(H,18,19)/t10-,11+/m1/s1. The van der Waals surface area contributed by atoms with E-state index in [2.05, 4.69) is 0 Å². The molecule has 1 aliphatic rings. The Kier molecular flexibility index (Phi) is 4.59. The van der Waals surface area contributed by atoms with E-state index in [1.165, 1.54) is 0 Å². The molecule has 102 valence electrons. The molecule has 4 heteroatoms. The minimum absolute atomic E-state index is 0.0154. The van der Waals surface area contributed by atoms with E-state index in [0.29, 0.717) is 23.4 Å². The lowest BCUT2D eigenvalue weighted by Crippen LogP contribution is -2.24. The van der Waals surface area contributed by atoms with Crippen LogP contribution in [-0.2, 0) is 4.79 Å². The van der Waals surface area contributed by atoms with Crippen molar-refractivity contribution >= 4 is 23.4 Å². The van der Waals surface area contributed by atoms with Gasteiger partial charge in [-0.25, -0.2) is 0 Å². The predicted octanol–water partition coefficient (Wildman–Crippen LogP) is 3.80. The van der Waals surface area contributed by atoms with Crippen molar-refractivity contribution in [2.45, 2.75) is 32.1 Å². The van der Waals surface area contributed by atoms with Crippen LogP contribution in [0.1, 0.15) is 42.5 Å². The van der Waals surface area contributed by atoms with Crippen LogP contribution >= 0.6 is 11.6 Å². The normalized spacial score (nSPS) is 23.0. The molecule has 0 amide bonds. The van der Waals surface area contributed by atoms with Crippen LogP contribution in [0.2, 0.25) is 5.02 Å². The molecule has 0 spiro atoms. The van der Waals surface area contributed by atoms with Gasteiger partial charge in [0, 0.05) is 12.0 Å². The van der Waals surface area contributed by atoms with Crippen LogP contribution in [-0.4, -0.2) is 16.9 Å². The summed E-state index contributed by atoms with van der Waals surface area (Å²) in [6.07, 6.45) is 3.54. The lowest BCUT2D eigenvalue weighted by atomic mass is 9.78. The zero-order valence-electron chi connectivity index (χ0n) is 10.6. The van der Waals surface area contributed by atoms with Crippen LogP contribution in [0, 0.1) is 11.8 Å². The van der Waals surface area contributed by atoms with E-state index in [9.17, 15) is 9.59 Å². The Labute approximate surface area is 117 Å². The second kappa shape index (κ2) is 6.20. The maximum atomic E-state index is 12.2. The summed E-state index contributed by atoms with van der Waals surface area (Å²) in [5.74, 6) is -0.854. The molecule has 0 bridgehead atoms. The molecule has 2 rings (SSSR count). The van der Waals surface area contributed by atoms with E-state index in [1.54, 1.807) is 24.3 Å². The third kappa shape index (κ3) is 3.57. The average molecular weight is 281 g/mol. The first-order valence-corrected chi connectivity index (χ1v) is 6.96. The molecule has 19 heavy (non-hydrogen) atoms. The van der Waals surface area contributed by atoms with Gasteiger partial charge in [-0.2, -0.15) is 0 Å². The quantitative estimate of drug-likeness (QED) is 0.854. The number of carboxylic acids is 1. The second-order valence-electron chi connectivity index (χ2n) is 5.17. The first-order chi connectivity index (χ1) is 9.08. The van der Waals surface area contributed by atoms with Crippen molar-refractivity contribution in [3.8, 4) is 0 Å².